The lowest BCUT2D eigenvalue weighted by Crippen LogP contribution is -2.31. The van der Waals surface area contributed by atoms with Crippen molar-refractivity contribution in [3.05, 3.63) is 59.7 Å². The van der Waals surface area contributed by atoms with Crippen molar-refractivity contribution in [2.45, 2.75) is 26.3 Å². The summed E-state index contributed by atoms with van der Waals surface area (Å²) >= 11 is 0. The SMILES string of the molecule is CC[C@H](C)NC(=O)c1cccc(NC(=O)c2ccccc2OC)c1. The summed E-state index contributed by atoms with van der Waals surface area (Å²) in [6.07, 6.45) is 0.857. The number of methoxy groups -OCH3 is 1. The zero-order chi connectivity index (χ0) is 17.5. The molecule has 2 amide bonds. The molecule has 1 atom stereocenters. The van der Waals surface area contributed by atoms with Gasteiger partial charge in [-0.2, -0.15) is 0 Å². The van der Waals surface area contributed by atoms with Crippen LogP contribution in [0.2, 0.25) is 0 Å². The maximum atomic E-state index is 12.4. The first-order valence-corrected chi connectivity index (χ1v) is 7.90. The normalized spacial score (nSPS) is 11.5. The van der Waals surface area contributed by atoms with Gasteiger partial charge in [-0.05, 0) is 43.7 Å². The molecule has 0 bridgehead atoms. The Kier molecular flexibility index (Phi) is 5.95. The highest BCUT2D eigenvalue weighted by Gasteiger charge is 2.13. The number of amides is 2. The van der Waals surface area contributed by atoms with Crippen LogP contribution in [0, 0.1) is 0 Å². The summed E-state index contributed by atoms with van der Waals surface area (Å²) in [6, 6.07) is 13.9. The quantitative estimate of drug-likeness (QED) is 0.854. The molecule has 5 heteroatoms. The Bertz CT molecular complexity index is 728. The molecule has 0 radical (unpaired) electrons. The molecule has 0 heterocycles. The van der Waals surface area contributed by atoms with E-state index in [0.717, 1.165) is 6.42 Å². The van der Waals surface area contributed by atoms with E-state index in [1.807, 2.05) is 13.8 Å². The fraction of sp³-hybridized carbons (Fsp3) is 0.263. The average molecular weight is 326 g/mol. The number of hydrogen-bond donors (Lipinski definition) is 2. The van der Waals surface area contributed by atoms with Crippen LogP contribution in [-0.2, 0) is 0 Å². The maximum absolute atomic E-state index is 12.4. The van der Waals surface area contributed by atoms with Gasteiger partial charge < -0.3 is 15.4 Å². The van der Waals surface area contributed by atoms with Crippen LogP contribution in [-0.4, -0.2) is 25.0 Å². The lowest BCUT2D eigenvalue weighted by atomic mass is 10.1. The molecule has 0 fully saturated rings. The zero-order valence-electron chi connectivity index (χ0n) is 14.1. The van der Waals surface area contributed by atoms with E-state index in [9.17, 15) is 9.59 Å². The van der Waals surface area contributed by atoms with Crippen LogP contribution < -0.4 is 15.4 Å². The van der Waals surface area contributed by atoms with Crippen molar-refractivity contribution >= 4 is 17.5 Å². The average Bonchev–Trinajstić information content (AvgIpc) is 2.61. The maximum Gasteiger partial charge on any atom is 0.259 e. The Labute approximate surface area is 142 Å². The van der Waals surface area contributed by atoms with Crippen molar-refractivity contribution in [2.75, 3.05) is 12.4 Å². The summed E-state index contributed by atoms with van der Waals surface area (Å²) in [6.45, 7) is 3.96. The standard InChI is InChI=1S/C19H22N2O3/c1-4-13(2)20-18(22)14-8-7-9-15(12-14)21-19(23)16-10-5-6-11-17(16)24-3/h5-13H,4H2,1-3H3,(H,20,22)(H,21,23)/t13-/m0/s1. The van der Waals surface area contributed by atoms with E-state index in [4.69, 9.17) is 4.74 Å². The number of para-hydroxylation sites is 1. The Hall–Kier alpha value is -2.82. The molecular formula is C19H22N2O3. The number of anilines is 1. The number of carbonyl (C=O) groups is 2. The Morgan fingerprint density at radius 3 is 2.54 bits per heavy atom. The summed E-state index contributed by atoms with van der Waals surface area (Å²) in [4.78, 5) is 24.6. The van der Waals surface area contributed by atoms with Gasteiger partial charge in [0.15, 0.2) is 0 Å². The highest BCUT2D eigenvalue weighted by Crippen LogP contribution is 2.19. The van der Waals surface area contributed by atoms with E-state index in [1.165, 1.54) is 7.11 Å². The zero-order valence-corrected chi connectivity index (χ0v) is 14.1. The molecule has 24 heavy (non-hydrogen) atoms. The number of benzene rings is 2. The minimum absolute atomic E-state index is 0.101. The number of nitrogens with one attached hydrogen (secondary N) is 2. The molecule has 0 aliphatic heterocycles. The van der Waals surface area contributed by atoms with Crippen molar-refractivity contribution in [3.63, 3.8) is 0 Å². The van der Waals surface area contributed by atoms with E-state index in [2.05, 4.69) is 10.6 Å². The van der Waals surface area contributed by atoms with Crippen LogP contribution in [0.3, 0.4) is 0 Å². The highest BCUT2D eigenvalue weighted by atomic mass is 16.5. The van der Waals surface area contributed by atoms with Gasteiger partial charge in [0.2, 0.25) is 0 Å². The van der Waals surface area contributed by atoms with E-state index in [0.29, 0.717) is 22.6 Å². The molecule has 5 nitrogen and oxygen atoms in total. The third-order valence-electron chi connectivity index (χ3n) is 3.72. The number of hydrogen-bond acceptors (Lipinski definition) is 3. The number of rotatable bonds is 6. The van der Waals surface area contributed by atoms with Crippen LogP contribution in [0.4, 0.5) is 5.69 Å². The molecule has 0 saturated carbocycles. The second-order valence-corrected chi connectivity index (χ2v) is 5.52. The second kappa shape index (κ2) is 8.15. The van der Waals surface area contributed by atoms with Crippen LogP contribution in [0.1, 0.15) is 41.0 Å². The third-order valence-corrected chi connectivity index (χ3v) is 3.72. The summed E-state index contributed by atoms with van der Waals surface area (Å²) in [5.74, 6) is 0.0605. The smallest absolute Gasteiger partial charge is 0.259 e. The predicted octanol–water partition coefficient (Wildman–Crippen LogP) is 3.48. The second-order valence-electron chi connectivity index (χ2n) is 5.52. The van der Waals surface area contributed by atoms with Gasteiger partial charge >= 0.3 is 0 Å². The minimum atomic E-state index is -0.285. The summed E-state index contributed by atoms with van der Waals surface area (Å²) in [5, 5.41) is 5.70. The lowest BCUT2D eigenvalue weighted by Gasteiger charge is -2.13. The number of ether oxygens (including phenoxy) is 1. The van der Waals surface area contributed by atoms with Gasteiger partial charge in [0, 0.05) is 17.3 Å². The lowest BCUT2D eigenvalue weighted by molar-refractivity contribution is 0.0938. The van der Waals surface area contributed by atoms with Crippen LogP contribution >= 0.6 is 0 Å². The van der Waals surface area contributed by atoms with Gasteiger partial charge in [-0.3, -0.25) is 9.59 Å². The molecular weight excluding hydrogens is 304 g/mol. The molecule has 0 aromatic heterocycles. The van der Waals surface area contributed by atoms with E-state index < -0.39 is 0 Å². The molecule has 0 saturated heterocycles. The Balaban J connectivity index is 2.14. The summed E-state index contributed by atoms with van der Waals surface area (Å²) in [7, 11) is 1.52. The Morgan fingerprint density at radius 1 is 1.08 bits per heavy atom. The third kappa shape index (κ3) is 4.35. The highest BCUT2D eigenvalue weighted by molar-refractivity contribution is 6.06. The molecule has 2 aromatic rings. The van der Waals surface area contributed by atoms with Gasteiger partial charge in [-0.1, -0.05) is 25.1 Å². The van der Waals surface area contributed by atoms with Crippen LogP contribution in [0.25, 0.3) is 0 Å². The van der Waals surface area contributed by atoms with Gasteiger partial charge in [0.1, 0.15) is 5.75 Å². The molecule has 0 unspecified atom stereocenters. The van der Waals surface area contributed by atoms with Gasteiger partial charge in [-0.15, -0.1) is 0 Å². The number of carbonyl (C=O) groups excluding carboxylic acids is 2. The molecule has 0 aliphatic rings. The van der Waals surface area contributed by atoms with Crippen molar-refractivity contribution in [3.8, 4) is 5.75 Å². The molecule has 2 aromatic carbocycles. The van der Waals surface area contributed by atoms with Crippen LogP contribution in [0.15, 0.2) is 48.5 Å². The molecule has 126 valence electrons. The van der Waals surface area contributed by atoms with Crippen molar-refractivity contribution in [1.29, 1.82) is 0 Å². The largest absolute Gasteiger partial charge is 0.496 e. The minimum Gasteiger partial charge on any atom is -0.496 e. The van der Waals surface area contributed by atoms with E-state index in [1.54, 1.807) is 48.5 Å². The fourth-order valence-electron chi connectivity index (χ4n) is 2.18. The summed E-state index contributed by atoms with van der Waals surface area (Å²) in [5.41, 5.74) is 1.50. The first kappa shape index (κ1) is 17.5. The van der Waals surface area contributed by atoms with Crippen LogP contribution in [0.5, 0.6) is 5.75 Å². The topological polar surface area (TPSA) is 67.4 Å². The molecule has 0 aliphatic carbocycles. The van der Waals surface area contributed by atoms with Gasteiger partial charge in [0.05, 0.1) is 12.7 Å². The Morgan fingerprint density at radius 2 is 1.83 bits per heavy atom. The van der Waals surface area contributed by atoms with Gasteiger partial charge in [-0.25, -0.2) is 0 Å². The van der Waals surface area contributed by atoms with E-state index in [-0.39, 0.29) is 17.9 Å². The van der Waals surface area contributed by atoms with E-state index >= 15 is 0 Å². The van der Waals surface area contributed by atoms with Crippen molar-refractivity contribution in [1.82, 2.24) is 5.32 Å². The first-order chi connectivity index (χ1) is 11.5. The molecule has 2 rings (SSSR count). The van der Waals surface area contributed by atoms with Crippen molar-refractivity contribution < 1.29 is 14.3 Å². The monoisotopic (exact) mass is 326 g/mol. The fourth-order valence-corrected chi connectivity index (χ4v) is 2.18. The van der Waals surface area contributed by atoms with Gasteiger partial charge in [0.25, 0.3) is 11.8 Å². The van der Waals surface area contributed by atoms with Crippen molar-refractivity contribution in [2.24, 2.45) is 0 Å². The first-order valence-electron chi connectivity index (χ1n) is 7.90. The summed E-state index contributed by atoms with van der Waals surface area (Å²) < 4.78 is 5.20. The molecule has 2 N–H and O–H groups in total. The predicted molar refractivity (Wildman–Crippen MR) is 94.6 cm³/mol. The molecule has 0 spiro atoms.